The average molecular weight is 313 g/mol. The lowest BCUT2D eigenvalue weighted by Gasteiger charge is -2.20. The van der Waals surface area contributed by atoms with E-state index < -0.39 is 0 Å². The van der Waals surface area contributed by atoms with Crippen LogP contribution in [0.4, 0.5) is 11.4 Å². The van der Waals surface area contributed by atoms with E-state index in [1.165, 1.54) is 5.56 Å². The second-order valence-electron chi connectivity index (χ2n) is 5.29. The number of nitrogens with two attached hydrogens (primary N) is 1. The van der Waals surface area contributed by atoms with E-state index in [9.17, 15) is 4.79 Å². The Kier molecular flexibility index (Phi) is 6.00. The molecule has 0 spiro atoms. The van der Waals surface area contributed by atoms with E-state index in [1.807, 2.05) is 25.1 Å². The third kappa shape index (κ3) is 5.00. The van der Waals surface area contributed by atoms with Crippen LogP contribution in [0.15, 0.2) is 48.5 Å². The molecular weight excluding hydrogens is 290 g/mol. The number of rotatable bonds is 7. The maximum Gasteiger partial charge on any atom is 0.238 e. The highest BCUT2D eigenvalue weighted by Crippen LogP contribution is 2.24. The number of amides is 1. The van der Waals surface area contributed by atoms with Gasteiger partial charge in [0.15, 0.2) is 0 Å². The van der Waals surface area contributed by atoms with E-state index in [-0.39, 0.29) is 5.91 Å². The number of nitrogen functional groups attached to an aromatic ring is 1. The van der Waals surface area contributed by atoms with Gasteiger partial charge in [-0.25, -0.2) is 0 Å². The number of methoxy groups -OCH3 is 1. The molecule has 5 nitrogen and oxygen atoms in total. The first-order valence-electron chi connectivity index (χ1n) is 7.62. The highest BCUT2D eigenvalue weighted by molar-refractivity contribution is 5.92. The van der Waals surface area contributed by atoms with Crippen LogP contribution >= 0.6 is 0 Å². The standard InChI is InChI=1S/C18H23N3O2/c1-3-21(12-14-7-5-4-6-8-14)13-18(22)20-15-9-10-17(23-2)16(19)11-15/h4-11H,3,12-13,19H2,1-2H3,(H,20,22). The molecule has 0 aliphatic rings. The molecule has 0 heterocycles. The van der Waals surface area contributed by atoms with E-state index >= 15 is 0 Å². The Hall–Kier alpha value is -2.53. The maximum absolute atomic E-state index is 12.2. The Balaban J connectivity index is 1.93. The van der Waals surface area contributed by atoms with Gasteiger partial charge in [-0.05, 0) is 30.3 Å². The predicted octanol–water partition coefficient (Wildman–Crippen LogP) is 2.74. The summed E-state index contributed by atoms with van der Waals surface area (Å²) in [6.45, 7) is 3.92. The van der Waals surface area contributed by atoms with E-state index in [4.69, 9.17) is 10.5 Å². The molecule has 0 saturated carbocycles. The molecule has 122 valence electrons. The zero-order chi connectivity index (χ0) is 16.7. The van der Waals surface area contributed by atoms with Gasteiger partial charge >= 0.3 is 0 Å². The molecular formula is C18H23N3O2. The fourth-order valence-corrected chi connectivity index (χ4v) is 2.34. The van der Waals surface area contributed by atoms with E-state index in [2.05, 4.69) is 22.3 Å². The minimum atomic E-state index is -0.0626. The van der Waals surface area contributed by atoms with Crippen molar-refractivity contribution < 1.29 is 9.53 Å². The van der Waals surface area contributed by atoms with Gasteiger partial charge in [0.2, 0.25) is 5.91 Å². The van der Waals surface area contributed by atoms with Gasteiger partial charge in [0.05, 0.1) is 19.3 Å². The summed E-state index contributed by atoms with van der Waals surface area (Å²) in [4.78, 5) is 14.3. The van der Waals surface area contributed by atoms with Crippen LogP contribution in [0.5, 0.6) is 5.75 Å². The molecule has 0 bridgehead atoms. The lowest BCUT2D eigenvalue weighted by molar-refractivity contribution is -0.117. The molecule has 0 aliphatic heterocycles. The van der Waals surface area contributed by atoms with Crippen LogP contribution in [0.1, 0.15) is 12.5 Å². The Morgan fingerprint density at radius 3 is 2.57 bits per heavy atom. The fourth-order valence-electron chi connectivity index (χ4n) is 2.34. The van der Waals surface area contributed by atoms with Gasteiger partial charge in [-0.1, -0.05) is 37.3 Å². The van der Waals surface area contributed by atoms with Gasteiger partial charge in [0.25, 0.3) is 0 Å². The minimum Gasteiger partial charge on any atom is -0.495 e. The molecule has 1 amide bonds. The quantitative estimate of drug-likeness (QED) is 0.771. The molecule has 23 heavy (non-hydrogen) atoms. The van der Waals surface area contributed by atoms with Crippen LogP contribution in [-0.4, -0.2) is 31.0 Å². The second kappa shape index (κ2) is 8.19. The topological polar surface area (TPSA) is 67.6 Å². The molecule has 0 aromatic heterocycles. The summed E-state index contributed by atoms with van der Waals surface area (Å²) >= 11 is 0. The van der Waals surface area contributed by atoms with Crippen molar-refractivity contribution in [1.82, 2.24) is 4.90 Å². The molecule has 5 heteroatoms. The molecule has 0 atom stereocenters. The summed E-state index contributed by atoms with van der Waals surface area (Å²) in [5.74, 6) is 0.537. The van der Waals surface area contributed by atoms with Crippen LogP contribution in [-0.2, 0) is 11.3 Å². The summed E-state index contributed by atoms with van der Waals surface area (Å²) in [6, 6.07) is 15.3. The van der Waals surface area contributed by atoms with Crippen molar-refractivity contribution in [2.45, 2.75) is 13.5 Å². The third-order valence-electron chi connectivity index (χ3n) is 3.58. The molecule has 0 aliphatic carbocycles. The van der Waals surface area contributed by atoms with E-state index in [1.54, 1.807) is 25.3 Å². The summed E-state index contributed by atoms with van der Waals surface area (Å²) in [6.07, 6.45) is 0. The van der Waals surface area contributed by atoms with Crippen molar-refractivity contribution in [2.24, 2.45) is 0 Å². The van der Waals surface area contributed by atoms with Gasteiger partial charge in [-0.15, -0.1) is 0 Å². The predicted molar refractivity (Wildman–Crippen MR) is 93.4 cm³/mol. The second-order valence-corrected chi connectivity index (χ2v) is 5.29. The van der Waals surface area contributed by atoms with Gasteiger partial charge in [-0.3, -0.25) is 9.69 Å². The summed E-state index contributed by atoms with van der Waals surface area (Å²) in [5.41, 5.74) is 8.21. The van der Waals surface area contributed by atoms with Crippen LogP contribution < -0.4 is 15.8 Å². The van der Waals surface area contributed by atoms with Crippen LogP contribution in [0.2, 0.25) is 0 Å². The van der Waals surface area contributed by atoms with E-state index in [0.717, 1.165) is 13.1 Å². The van der Waals surface area contributed by atoms with Gasteiger partial charge in [-0.2, -0.15) is 0 Å². The minimum absolute atomic E-state index is 0.0626. The number of anilines is 2. The number of carbonyl (C=O) groups is 1. The average Bonchev–Trinajstić information content (AvgIpc) is 2.55. The first-order chi connectivity index (χ1) is 11.1. The van der Waals surface area contributed by atoms with Crippen molar-refractivity contribution >= 4 is 17.3 Å². The van der Waals surface area contributed by atoms with Gasteiger partial charge < -0.3 is 15.8 Å². The molecule has 2 aromatic rings. The normalized spacial score (nSPS) is 10.6. The number of ether oxygens (including phenoxy) is 1. The first kappa shape index (κ1) is 16.8. The SMILES string of the molecule is CCN(CC(=O)Nc1ccc(OC)c(N)c1)Cc1ccccc1. The molecule has 0 unspecified atom stereocenters. The number of nitrogens with one attached hydrogen (secondary N) is 1. The smallest absolute Gasteiger partial charge is 0.238 e. The Morgan fingerprint density at radius 1 is 1.22 bits per heavy atom. The van der Waals surface area contributed by atoms with E-state index in [0.29, 0.717) is 23.7 Å². The Morgan fingerprint density at radius 2 is 1.96 bits per heavy atom. The zero-order valence-corrected chi connectivity index (χ0v) is 13.6. The number of carbonyl (C=O) groups excluding carboxylic acids is 1. The lowest BCUT2D eigenvalue weighted by Crippen LogP contribution is -2.32. The number of nitrogens with zero attached hydrogens (tertiary/aromatic N) is 1. The largest absolute Gasteiger partial charge is 0.495 e. The molecule has 0 saturated heterocycles. The summed E-state index contributed by atoms with van der Waals surface area (Å²) in [7, 11) is 1.56. The highest BCUT2D eigenvalue weighted by atomic mass is 16.5. The Labute approximate surface area is 137 Å². The van der Waals surface area contributed by atoms with Crippen molar-refractivity contribution in [2.75, 3.05) is 31.2 Å². The maximum atomic E-state index is 12.2. The Bertz CT molecular complexity index is 644. The van der Waals surface area contributed by atoms with Crippen molar-refractivity contribution in [1.29, 1.82) is 0 Å². The zero-order valence-electron chi connectivity index (χ0n) is 13.6. The van der Waals surface area contributed by atoms with Crippen molar-refractivity contribution in [3.8, 4) is 5.75 Å². The number of benzene rings is 2. The molecule has 2 rings (SSSR count). The summed E-state index contributed by atoms with van der Waals surface area (Å²) in [5, 5.41) is 2.87. The number of hydrogen-bond acceptors (Lipinski definition) is 4. The third-order valence-corrected chi connectivity index (χ3v) is 3.58. The van der Waals surface area contributed by atoms with Crippen LogP contribution in [0.3, 0.4) is 0 Å². The summed E-state index contributed by atoms with van der Waals surface area (Å²) < 4.78 is 5.11. The van der Waals surface area contributed by atoms with Crippen molar-refractivity contribution in [3.05, 3.63) is 54.1 Å². The first-order valence-corrected chi connectivity index (χ1v) is 7.62. The van der Waals surface area contributed by atoms with Gasteiger partial charge in [0.1, 0.15) is 5.75 Å². The highest BCUT2D eigenvalue weighted by Gasteiger charge is 2.10. The molecule has 0 fully saturated rings. The molecule has 0 radical (unpaired) electrons. The lowest BCUT2D eigenvalue weighted by atomic mass is 10.2. The number of likely N-dealkylation sites (N-methyl/N-ethyl adjacent to an activating group) is 1. The van der Waals surface area contributed by atoms with Crippen LogP contribution in [0, 0.1) is 0 Å². The fraction of sp³-hybridized carbons (Fsp3) is 0.278. The van der Waals surface area contributed by atoms with Gasteiger partial charge in [0, 0.05) is 12.2 Å². The molecule has 2 aromatic carbocycles. The van der Waals surface area contributed by atoms with Crippen molar-refractivity contribution in [3.63, 3.8) is 0 Å². The number of hydrogen-bond donors (Lipinski definition) is 2. The monoisotopic (exact) mass is 313 g/mol. The van der Waals surface area contributed by atoms with Crippen LogP contribution in [0.25, 0.3) is 0 Å². The molecule has 3 N–H and O–H groups in total.